The lowest BCUT2D eigenvalue weighted by Crippen LogP contribution is -2.14. The van der Waals surface area contributed by atoms with Gasteiger partial charge in [0.1, 0.15) is 5.82 Å². The van der Waals surface area contributed by atoms with Crippen molar-refractivity contribution < 1.29 is 4.39 Å². The smallest absolute Gasteiger partial charge is 0.137 e. The Kier molecular flexibility index (Phi) is 4.51. The highest BCUT2D eigenvalue weighted by molar-refractivity contribution is 9.10. The molecular formula is C13H19BrFN. The first-order valence-corrected chi connectivity index (χ1v) is 6.29. The van der Waals surface area contributed by atoms with Crippen molar-refractivity contribution in [3.05, 3.63) is 34.1 Å². The standard InChI is InChI=1S/C13H19BrFN/c1-13(2,3)7-6-12(16)9-4-5-10(14)11(15)8-9/h4-5,8,12H,6-7,16H2,1-3H3. The van der Waals surface area contributed by atoms with Gasteiger partial charge in [-0.3, -0.25) is 0 Å². The average molecular weight is 288 g/mol. The molecule has 1 aromatic carbocycles. The molecule has 1 rings (SSSR count). The molecular weight excluding hydrogens is 269 g/mol. The molecule has 3 heteroatoms. The fraction of sp³-hybridized carbons (Fsp3) is 0.538. The molecule has 90 valence electrons. The maximum atomic E-state index is 13.3. The van der Waals surface area contributed by atoms with Crippen LogP contribution in [-0.2, 0) is 0 Å². The van der Waals surface area contributed by atoms with Gasteiger partial charge in [0.15, 0.2) is 0 Å². The lowest BCUT2D eigenvalue weighted by molar-refractivity contribution is 0.349. The van der Waals surface area contributed by atoms with Crippen LogP contribution in [0.1, 0.15) is 45.2 Å². The van der Waals surface area contributed by atoms with E-state index in [1.54, 1.807) is 6.07 Å². The molecule has 0 aliphatic rings. The van der Waals surface area contributed by atoms with E-state index in [4.69, 9.17) is 5.73 Å². The molecule has 0 saturated carbocycles. The quantitative estimate of drug-likeness (QED) is 0.875. The summed E-state index contributed by atoms with van der Waals surface area (Å²) < 4.78 is 13.8. The SMILES string of the molecule is CC(C)(C)CCC(N)c1ccc(Br)c(F)c1. The minimum Gasteiger partial charge on any atom is -0.324 e. The van der Waals surface area contributed by atoms with E-state index in [2.05, 4.69) is 36.7 Å². The Bertz CT molecular complexity index is 357. The van der Waals surface area contributed by atoms with Crippen LogP contribution >= 0.6 is 15.9 Å². The predicted octanol–water partition coefficient (Wildman–Crippen LogP) is 4.41. The normalized spacial score (nSPS) is 13.9. The number of halogens is 2. The minimum absolute atomic E-state index is 0.0816. The first kappa shape index (κ1) is 13.7. The van der Waals surface area contributed by atoms with Gasteiger partial charge in [-0.15, -0.1) is 0 Å². The molecule has 0 saturated heterocycles. The summed E-state index contributed by atoms with van der Waals surface area (Å²) in [6.07, 6.45) is 1.91. The third-order valence-electron chi connectivity index (χ3n) is 2.58. The largest absolute Gasteiger partial charge is 0.324 e. The maximum absolute atomic E-state index is 13.3. The number of hydrogen-bond acceptors (Lipinski definition) is 1. The number of hydrogen-bond donors (Lipinski definition) is 1. The van der Waals surface area contributed by atoms with Gasteiger partial charge < -0.3 is 5.73 Å². The Balaban J connectivity index is 2.66. The molecule has 1 unspecified atom stereocenters. The molecule has 1 aromatic rings. The van der Waals surface area contributed by atoms with Crippen LogP contribution in [-0.4, -0.2) is 0 Å². The second-order valence-electron chi connectivity index (χ2n) is 5.38. The van der Waals surface area contributed by atoms with Gasteiger partial charge in [0.25, 0.3) is 0 Å². The van der Waals surface area contributed by atoms with Crippen LogP contribution in [0.5, 0.6) is 0 Å². The summed E-state index contributed by atoms with van der Waals surface area (Å²) in [6.45, 7) is 6.55. The van der Waals surface area contributed by atoms with Crippen molar-refractivity contribution in [3.8, 4) is 0 Å². The molecule has 0 spiro atoms. The van der Waals surface area contributed by atoms with E-state index in [9.17, 15) is 4.39 Å². The van der Waals surface area contributed by atoms with Crippen LogP contribution < -0.4 is 5.73 Å². The Morgan fingerprint density at radius 2 is 2.00 bits per heavy atom. The van der Waals surface area contributed by atoms with Gasteiger partial charge in [0.05, 0.1) is 4.47 Å². The van der Waals surface area contributed by atoms with Gasteiger partial charge in [-0.05, 0) is 51.9 Å². The van der Waals surface area contributed by atoms with E-state index in [0.717, 1.165) is 18.4 Å². The highest BCUT2D eigenvalue weighted by atomic mass is 79.9. The molecule has 1 nitrogen and oxygen atoms in total. The van der Waals surface area contributed by atoms with Gasteiger partial charge in [0.2, 0.25) is 0 Å². The molecule has 0 fully saturated rings. The Hall–Kier alpha value is -0.410. The first-order chi connectivity index (χ1) is 7.29. The molecule has 16 heavy (non-hydrogen) atoms. The maximum Gasteiger partial charge on any atom is 0.137 e. The summed E-state index contributed by atoms with van der Waals surface area (Å²) in [5, 5.41) is 0. The highest BCUT2D eigenvalue weighted by Crippen LogP contribution is 2.27. The van der Waals surface area contributed by atoms with E-state index in [-0.39, 0.29) is 17.3 Å². The van der Waals surface area contributed by atoms with Crippen molar-refractivity contribution in [2.45, 2.75) is 39.7 Å². The summed E-state index contributed by atoms with van der Waals surface area (Å²) >= 11 is 3.13. The van der Waals surface area contributed by atoms with Crippen molar-refractivity contribution in [1.29, 1.82) is 0 Å². The molecule has 0 radical (unpaired) electrons. The van der Waals surface area contributed by atoms with E-state index in [1.165, 1.54) is 6.07 Å². The van der Waals surface area contributed by atoms with Gasteiger partial charge in [-0.25, -0.2) is 4.39 Å². The van der Waals surface area contributed by atoms with Crippen LogP contribution in [0, 0.1) is 11.2 Å². The lowest BCUT2D eigenvalue weighted by atomic mass is 9.87. The zero-order chi connectivity index (χ0) is 12.3. The third kappa shape index (κ3) is 4.22. The summed E-state index contributed by atoms with van der Waals surface area (Å²) in [4.78, 5) is 0. The number of nitrogens with two attached hydrogens (primary N) is 1. The number of benzene rings is 1. The fourth-order valence-corrected chi connectivity index (χ4v) is 1.74. The summed E-state index contributed by atoms with van der Waals surface area (Å²) in [5.74, 6) is -0.247. The molecule has 0 aliphatic carbocycles. The molecule has 0 heterocycles. The average Bonchev–Trinajstić information content (AvgIpc) is 2.17. The van der Waals surface area contributed by atoms with Crippen LogP contribution in [0.25, 0.3) is 0 Å². The molecule has 1 atom stereocenters. The van der Waals surface area contributed by atoms with Crippen LogP contribution in [0.2, 0.25) is 0 Å². The van der Waals surface area contributed by atoms with Gasteiger partial charge in [-0.2, -0.15) is 0 Å². The second kappa shape index (κ2) is 5.28. The van der Waals surface area contributed by atoms with Crippen molar-refractivity contribution >= 4 is 15.9 Å². The molecule has 0 aromatic heterocycles. The van der Waals surface area contributed by atoms with Crippen molar-refractivity contribution in [3.63, 3.8) is 0 Å². The van der Waals surface area contributed by atoms with E-state index in [0.29, 0.717) is 4.47 Å². The zero-order valence-corrected chi connectivity index (χ0v) is 11.6. The van der Waals surface area contributed by atoms with Gasteiger partial charge in [0, 0.05) is 6.04 Å². The van der Waals surface area contributed by atoms with Crippen LogP contribution in [0.4, 0.5) is 4.39 Å². The topological polar surface area (TPSA) is 26.0 Å². The molecule has 2 N–H and O–H groups in total. The molecule has 0 amide bonds. The van der Waals surface area contributed by atoms with Crippen molar-refractivity contribution in [2.24, 2.45) is 11.1 Å². The zero-order valence-electron chi connectivity index (χ0n) is 10.1. The highest BCUT2D eigenvalue weighted by Gasteiger charge is 2.14. The first-order valence-electron chi connectivity index (χ1n) is 5.50. The molecule has 0 bridgehead atoms. The van der Waals surface area contributed by atoms with E-state index in [1.807, 2.05) is 6.07 Å². The lowest BCUT2D eigenvalue weighted by Gasteiger charge is -2.21. The van der Waals surface area contributed by atoms with Crippen molar-refractivity contribution in [1.82, 2.24) is 0 Å². The van der Waals surface area contributed by atoms with Gasteiger partial charge >= 0.3 is 0 Å². The Morgan fingerprint density at radius 1 is 1.38 bits per heavy atom. The number of rotatable bonds is 3. The van der Waals surface area contributed by atoms with Crippen LogP contribution in [0.15, 0.2) is 22.7 Å². The van der Waals surface area contributed by atoms with Gasteiger partial charge in [-0.1, -0.05) is 26.8 Å². The second-order valence-corrected chi connectivity index (χ2v) is 6.23. The third-order valence-corrected chi connectivity index (χ3v) is 3.22. The summed E-state index contributed by atoms with van der Waals surface area (Å²) in [5.41, 5.74) is 7.17. The molecule has 0 aliphatic heterocycles. The van der Waals surface area contributed by atoms with E-state index < -0.39 is 0 Å². The summed E-state index contributed by atoms with van der Waals surface area (Å²) in [7, 11) is 0. The summed E-state index contributed by atoms with van der Waals surface area (Å²) in [6, 6.07) is 5.02. The van der Waals surface area contributed by atoms with E-state index >= 15 is 0 Å². The predicted molar refractivity (Wildman–Crippen MR) is 69.7 cm³/mol. The van der Waals surface area contributed by atoms with Crippen molar-refractivity contribution in [2.75, 3.05) is 0 Å². The fourth-order valence-electron chi connectivity index (χ4n) is 1.50. The monoisotopic (exact) mass is 287 g/mol. The van der Waals surface area contributed by atoms with Crippen LogP contribution in [0.3, 0.4) is 0 Å². The Morgan fingerprint density at radius 3 is 2.50 bits per heavy atom. The minimum atomic E-state index is -0.247. The Labute approximate surface area is 105 Å².